The van der Waals surface area contributed by atoms with E-state index in [4.69, 9.17) is 0 Å². The number of sulfone groups is 1. The summed E-state index contributed by atoms with van der Waals surface area (Å²) in [6.45, 7) is 0. The van der Waals surface area contributed by atoms with Crippen LogP contribution in [-0.2, 0) is 15.6 Å². The Bertz CT molecular complexity index is 1100. The van der Waals surface area contributed by atoms with E-state index in [0.29, 0.717) is 5.56 Å². The van der Waals surface area contributed by atoms with Gasteiger partial charge in [-0.15, -0.1) is 0 Å². The van der Waals surface area contributed by atoms with Gasteiger partial charge in [0.15, 0.2) is 9.84 Å². The predicted octanol–water partition coefficient (Wildman–Crippen LogP) is 0.901. The van der Waals surface area contributed by atoms with Crippen LogP contribution in [0.25, 0.3) is 10.9 Å². The van der Waals surface area contributed by atoms with E-state index in [9.17, 15) is 23.2 Å². The van der Waals surface area contributed by atoms with Gasteiger partial charge in [0, 0.05) is 0 Å². The summed E-state index contributed by atoms with van der Waals surface area (Å²) in [5.41, 5.74) is -1.25. The molecule has 23 heavy (non-hydrogen) atoms. The fourth-order valence-electron chi connectivity index (χ4n) is 2.26. The lowest BCUT2D eigenvalue weighted by atomic mass is 10.2. The van der Waals surface area contributed by atoms with E-state index in [1.54, 1.807) is 30.3 Å². The van der Waals surface area contributed by atoms with Crippen molar-refractivity contribution in [2.24, 2.45) is 0 Å². The van der Waals surface area contributed by atoms with Gasteiger partial charge in [0.25, 0.3) is 5.56 Å². The zero-order valence-electron chi connectivity index (χ0n) is 11.8. The number of fused-ring (bicyclic) bond motifs is 1. The summed E-state index contributed by atoms with van der Waals surface area (Å²) in [6.07, 6.45) is 0. The summed E-state index contributed by atoms with van der Waals surface area (Å²) >= 11 is 0. The van der Waals surface area contributed by atoms with Crippen LogP contribution in [0.2, 0.25) is 0 Å². The normalized spacial score (nSPS) is 11.7. The highest BCUT2D eigenvalue weighted by molar-refractivity contribution is 7.90. The van der Waals surface area contributed by atoms with Gasteiger partial charge in [-0.2, -0.15) is 0 Å². The molecule has 1 aromatic heterocycles. The maximum Gasteiger partial charge on any atom is 0.362 e. The predicted molar refractivity (Wildman–Crippen MR) is 83.3 cm³/mol. The molecule has 0 fully saturated rings. The van der Waals surface area contributed by atoms with Gasteiger partial charge in [-0.05, 0) is 23.8 Å². The molecule has 0 unspecified atom stereocenters. The molecule has 0 saturated heterocycles. The Hall–Kier alpha value is -2.87. The highest BCUT2D eigenvalue weighted by Crippen LogP contribution is 2.19. The molecule has 1 heterocycles. The Morgan fingerprint density at radius 3 is 2.43 bits per heavy atom. The topological polar surface area (TPSA) is 109 Å². The number of aromatic nitrogens is 2. The van der Waals surface area contributed by atoms with Gasteiger partial charge >= 0.3 is 5.69 Å². The largest absolute Gasteiger partial charge is 0.421 e. The minimum atomic E-state index is -3.63. The van der Waals surface area contributed by atoms with Crippen molar-refractivity contribution in [3.8, 4) is 0 Å². The molecule has 3 aromatic rings. The lowest BCUT2D eigenvalue weighted by Gasteiger charge is -2.06. The number of nitrogens with zero attached hydrogens (tertiary/aromatic N) is 1. The number of hydrogen-bond acceptors (Lipinski definition) is 5. The molecule has 0 aliphatic rings. The number of hydrogen-bond donors (Lipinski definition) is 2. The fourth-order valence-corrected chi connectivity index (χ4v) is 3.63. The minimum Gasteiger partial charge on any atom is -0.421 e. The average molecular weight is 332 g/mol. The van der Waals surface area contributed by atoms with Crippen molar-refractivity contribution in [2.75, 3.05) is 0 Å². The average Bonchev–Trinajstić information content (AvgIpc) is 2.53. The summed E-state index contributed by atoms with van der Waals surface area (Å²) in [5.74, 6) is -0.194. The number of nitrogens with one attached hydrogen (secondary N) is 1. The van der Waals surface area contributed by atoms with Gasteiger partial charge in [0.2, 0.25) is 0 Å². The molecule has 0 bridgehead atoms. The number of aromatic amines is 1. The smallest absolute Gasteiger partial charge is 0.362 e. The lowest BCUT2D eigenvalue weighted by molar-refractivity contribution is 0.162. The first-order valence-corrected chi connectivity index (χ1v) is 8.29. The minimum absolute atomic E-state index is 0.0143. The maximum absolute atomic E-state index is 12.5. The van der Waals surface area contributed by atoms with Gasteiger partial charge in [0.05, 0.1) is 21.6 Å². The third-order valence-corrected chi connectivity index (χ3v) is 5.09. The molecule has 0 spiro atoms. The summed E-state index contributed by atoms with van der Waals surface area (Å²) in [6, 6.07) is 12.4. The molecule has 0 radical (unpaired) electrons. The van der Waals surface area contributed by atoms with Gasteiger partial charge < -0.3 is 10.2 Å². The van der Waals surface area contributed by atoms with Gasteiger partial charge in [0.1, 0.15) is 0 Å². The summed E-state index contributed by atoms with van der Waals surface area (Å²) < 4.78 is 24.9. The molecular weight excluding hydrogens is 320 g/mol. The van der Waals surface area contributed by atoms with Gasteiger partial charge in [-0.1, -0.05) is 35.1 Å². The number of H-pyrrole nitrogens is 1. The van der Waals surface area contributed by atoms with Crippen LogP contribution in [0.4, 0.5) is 0 Å². The van der Waals surface area contributed by atoms with E-state index in [0.717, 1.165) is 0 Å². The second-order valence-corrected chi connectivity index (χ2v) is 6.99. The van der Waals surface area contributed by atoms with Crippen LogP contribution in [0.5, 0.6) is 0 Å². The van der Waals surface area contributed by atoms with Crippen LogP contribution in [0.3, 0.4) is 0 Å². The molecule has 2 aromatic carbocycles. The van der Waals surface area contributed by atoms with E-state index in [2.05, 4.69) is 4.98 Å². The van der Waals surface area contributed by atoms with Crippen molar-refractivity contribution < 1.29 is 13.6 Å². The van der Waals surface area contributed by atoms with E-state index < -0.39 is 21.1 Å². The maximum atomic E-state index is 12.5. The van der Waals surface area contributed by atoms with Crippen LogP contribution in [0.1, 0.15) is 5.56 Å². The molecular formula is C15H12N2O5S. The molecule has 0 saturated carbocycles. The second-order valence-electron chi connectivity index (χ2n) is 5.00. The van der Waals surface area contributed by atoms with Crippen molar-refractivity contribution in [2.45, 2.75) is 10.6 Å². The van der Waals surface area contributed by atoms with Gasteiger partial charge in [-0.3, -0.25) is 4.79 Å². The summed E-state index contributed by atoms with van der Waals surface area (Å²) in [4.78, 5) is 25.4. The summed E-state index contributed by atoms with van der Waals surface area (Å²) in [5, 5.41) is 9.29. The first-order valence-electron chi connectivity index (χ1n) is 6.63. The molecule has 3 rings (SSSR count). The van der Waals surface area contributed by atoms with E-state index in [1.807, 2.05) is 0 Å². The monoisotopic (exact) mass is 332 g/mol. The van der Waals surface area contributed by atoms with Crippen molar-refractivity contribution in [1.82, 2.24) is 9.71 Å². The molecule has 0 aliphatic carbocycles. The Balaban J connectivity index is 2.12. The Labute approximate surface area is 130 Å². The van der Waals surface area contributed by atoms with Crippen molar-refractivity contribution in [3.05, 3.63) is 74.9 Å². The van der Waals surface area contributed by atoms with Crippen LogP contribution >= 0.6 is 0 Å². The SMILES string of the molecule is O=c1[nH]c2cc(S(=O)(=O)Cc3ccccc3)ccc2c(=O)n1O. The highest BCUT2D eigenvalue weighted by atomic mass is 32.2. The van der Waals surface area contributed by atoms with E-state index in [-0.39, 0.29) is 26.3 Å². The van der Waals surface area contributed by atoms with Crippen LogP contribution < -0.4 is 11.2 Å². The van der Waals surface area contributed by atoms with E-state index in [1.165, 1.54) is 18.2 Å². The molecule has 0 atom stereocenters. The molecule has 0 amide bonds. The standard InChI is InChI=1S/C15H12N2O5S/c18-14-12-7-6-11(8-13(12)16-15(19)17(14)20)23(21,22)9-10-4-2-1-3-5-10/h1-8,20H,9H2,(H,16,19). The molecule has 118 valence electrons. The van der Waals surface area contributed by atoms with Crippen LogP contribution in [-0.4, -0.2) is 23.3 Å². The van der Waals surface area contributed by atoms with E-state index >= 15 is 0 Å². The van der Waals surface area contributed by atoms with Crippen molar-refractivity contribution >= 4 is 20.7 Å². The Kier molecular flexibility index (Phi) is 3.53. The number of rotatable bonds is 3. The zero-order chi connectivity index (χ0) is 16.6. The van der Waals surface area contributed by atoms with Crippen LogP contribution in [0.15, 0.2) is 63.0 Å². The van der Waals surface area contributed by atoms with Crippen molar-refractivity contribution in [3.63, 3.8) is 0 Å². The first-order chi connectivity index (χ1) is 10.9. The number of benzene rings is 2. The first kappa shape index (κ1) is 15.0. The Morgan fingerprint density at radius 2 is 1.74 bits per heavy atom. The highest BCUT2D eigenvalue weighted by Gasteiger charge is 2.17. The van der Waals surface area contributed by atoms with Crippen LogP contribution in [0, 0.1) is 0 Å². The molecule has 0 aliphatic heterocycles. The van der Waals surface area contributed by atoms with Gasteiger partial charge in [-0.25, -0.2) is 13.2 Å². The third-order valence-electron chi connectivity index (χ3n) is 3.41. The molecule has 2 N–H and O–H groups in total. The fraction of sp³-hybridized carbons (Fsp3) is 0.0667. The Morgan fingerprint density at radius 1 is 1.04 bits per heavy atom. The molecule has 8 heteroatoms. The lowest BCUT2D eigenvalue weighted by Crippen LogP contribution is -2.33. The molecule has 7 nitrogen and oxygen atoms in total. The second kappa shape index (κ2) is 5.40. The van der Waals surface area contributed by atoms with Crippen molar-refractivity contribution in [1.29, 1.82) is 0 Å². The summed E-state index contributed by atoms with van der Waals surface area (Å²) in [7, 11) is -3.63. The third kappa shape index (κ3) is 2.76. The quantitative estimate of drug-likeness (QED) is 0.693. The zero-order valence-corrected chi connectivity index (χ0v) is 12.6.